The molecule has 0 aliphatic carbocycles. The molecule has 0 fully saturated rings. The highest BCUT2D eigenvalue weighted by molar-refractivity contribution is 5.93. The summed E-state index contributed by atoms with van der Waals surface area (Å²) in [4.78, 5) is 10.9. The van der Waals surface area contributed by atoms with Crippen molar-refractivity contribution in [1.29, 1.82) is 0 Å². The Balaban J connectivity index is 2.23. The second-order valence-electron chi connectivity index (χ2n) is 4.18. The molecule has 0 unspecified atom stereocenters. The van der Waals surface area contributed by atoms with E-state index in [2.05, 4.69) is 29.0 Å². The van der Waals surface area contributed by atoms with Gasteiger partial charge in [0.05, 0.1) is 7.11 Å². The number of hydrogen-bond acceptors (Lipinski definition) is 3. The maximum Gasteiger partial charge on any atom is 0.508 e. The third-order valence-corrected chi connectivity index (χ3v) is 2.97. The van der Waals surface area contributed by atoms with E-state index in [1.54, 1.807) is 0 Å². The zero-order valence-electron chi connectivity index (χ0n) is 11.1. The predicted molar refractivity (Wildman–Crippen MR) is 76.0 cm³/mol. The average Bonchev–Trinajstić information content (AvgIpc) is 2.46. The summed E-state index contributed by atoms with van der Waals surface area (Å²) in [5.74, 6) is 0. The van der Waals surface area contributed by atoms with Crippen molar-refractivity contribution in [2.45, 2.75) is 6.92 Å². The molecule has 0 radical (unpaired) electrons. The number of methoxy groups -OCH3 is 1. The Hall–Kier alpha value is -2.29. The number of ether oxygens (including phenoxy) is 2. The van der Waals surface area contributed by atoms with Crippen LogP contribution in [0.15, 0.2) is 48.5 Å². The minimum absolute atomic E-state index is 0.210. The molecule has 2 rings (SSSR count). The van der Waals surface area contributed by atoms with Crippen molar-refractivity contribution in [2.24, 2.45) is 0 Å². The number of carbonyl (C=O) groups excluding carboxylic acids is 1. The summed E-state index contributed by atoms with van der Waals surface area (Å²) in [7, 11) is 1.30. The van der Waals surface area contributed by atoms with Crippen molar-refractivity contribution >= 4 is 22.5 Å². The van der Waals surface area contributed by atoms with E-state index >= 15 is 0 Å². The number of carbonyl (C=O) groups is 1. The zero-order chi connectivity index (χ0) is 13.7. The first-order valence-corrected chi connectivity index (χ1v) is 6.08. The highest BCUT2D eigenvalue weighted by Gasteiger charge is 2.03. The molecular formula is C16H16O3. The van der Waals surface area contributed by atoms with Gasteiger partial charge in [-0.25, -0.2) is 4.79 Å². The second-order valence-corrected chi connectivity index (χ2v) is 4.18. The van der Waals surface area contributed by atoms with E-state index in [0.29, 0.717) is 0 Å². The Labute approximate surface area is 112 Å². The molecule has 3 nitrogen and oxygen atoms in total. The number of benzene rings is 2. The number of allylic oxidation sites excluding steroid dienone is 1. The first-order valence-electron chi connectivity index (χ1n) is 6.08. The van der Waals surface area contributed by atoms with Gasteiger partial charge in [-0.3, -0.25) is 0 Å². The molecular weight excluding hydrogens is 240 g/mol. The lowest BCUT2D eigenvalue weighted by molar-refractivity contribution is 0.0819. The molecule has 0 N–H and O–H groups in total. The van der Waals surface area contributed by atoms with Gasteiger partial charge in [0.25, 0.3) is 0 Å². The van der Waals surface area contributed by atoms with Gasteiger partial charge < -0.3 is 9.47 Å². The monoisotopic (exact) mass is 256 g/mol. The summed E-state index contributed by atoms with van der Waals surface area (Å²) < 4.78 is 9.28. The topological polar surface area (TPSA) is 35.5 Å². The summed E-state index contributed by atoms with van der Waals surface area (Å²) in [5.41, 5.74) is 2.22. The van der Waals surface area contributed by atoms with Crippen molar-refractivity contribution in [3.05, 3.63) is 54.1 Å². The fourth-order valence-corrected chi connectivity index (χ4v) is 1.97. The minimum Gasteiger partial charge on any atom is -0.438 e. The van der Waals surface area contributed by atoms with E-state index in [1.807, 2.05) is 31.2 Å². The molecule has 0 aliphatic heterocycles. The maximum absolute atomic E-state index is 10.9. The summed E-state index contributed by atoms with van der Waals surface area (Å²) in [6.07, 6.45) is 1.21. The van der Waals surface area contributed by atoms with E-state index in [9.17, 15) is 4.79 Å². The molecule has 0 bridgehead atoms. The maximum atomic E-state index is 10.9. The van der Waals surface area contributed by atoms with Crippen LogP contribution in [0.1, 0.15) is 12.5 Å². The highest BCUT2D eigenvalue weighted by atomic mass is 16.7. The molecule has 98 valence electrons. The Kier molecular flexibility index (Phi) is 4.18. The van der Waals surface area contributed by atoms with Gasteiger partial charge in [0, 0.05) is 0 Å². The van der Waals surface area contributed by atoms with Crippen molar-refractivity contribution in [3.63, 3.8) is 0 Å². The Morgan fingerprint density at radius 3 is 2.68 bits per heavy atom. The van der Waals surface area contributed by atoms with Gasteiger partial charge in [-0.2, -0.15) is 0 Å². The third kappa shape index (κ3) is 3.13. The predicted octanol–water partition coefficient (Wildman–Crippen LogP) is 4.03. The molecule has 0 amide bonds. The highest BCUT2D eigenvalue weighted by Crippen LogP contribution is 2.24. The van der Waals surface area contributed by atoms with Gasteiger partial charge in [-0.1, -0.05) is 42.5 Å². The lowest BCUT2D eigenvalue weighted by atomic mass is 9.99. The minimum atomic E-state index is -0.665. The standard InChI is InChI=1S/C16H16O3/c1-12(10-11-19-16(17)18-2)14-9-5-7-13-6-3-4-8-15(13)14/h3-10H,11H2,1-2H3/b12-10-. The summed E-state index contributed by atoms with van der Waals surface area (Å²) in [5, 5.41) is 2.39. The molecule has 0 heterocycles. The molecule has 2 aromatic carbocycles. The molecule has 0 aliphatic rings. The summed E-state index contributed by atoms with van der Waals surface area (Å²) >= 11 is 0. The molecule has 0 saturated carbocycles. The number of rotatable bonds is 3. The molecule has 0 aromatic heterocycles. The lowest BCUT2D eigenvalue weighted by Crippen LogP contribution is -2.03. The molecule has 2 aromatic rings. The van der Waals surface area contributed by atoms with Crippen molar-refractivity contribution < 1.29 is 14.3 Å². The van der Waals surface area contributed by atoms with Crippen molar-refractivity contribution in [3.8, 4) is 0 Å². The fraction of sp³-hybridized carbons (Fsp3) is 0.188. The van der Waals surface area contributed by atoms with Gasteiger partial charge in [-0.05, 0) is 34.9 Å². The van der Waals surface area contributed by atoms with Crippen LogP contribution in [0.25, 0.3) is 16.3 Å². The smallest absolute Gasteiger partial charge is 0.438 e. The van der Waals surface area contributed by atoms with E-state index in [1.165, 1.54) is 17.9 Å². The number of fused-ring (bicyclic) bond motifs is 1. The van der Waals surface area contributed by atoms with Crippen LogP contribution in [-0.2, 0) is 9.47 Å². The molecule has 0 atom stereocenters. The Bertz CT molecular complexity index is 609. The first kappa shape index (κ1) is 13.1. The Morgan fingerprint density at radius 1 is 1.16 bits per heavy atom. The van der Waals surface area contributed by atoms with Crippen LogP contribution in [0.2, 0.25) is 0 Å². The zero-order valence-corrected chi connectivity index (χ0v) is 11.1. The van der Waals surface area contributed by atoms with E-state index in [-0.39, 0.29) is 6.61 Å². The van der Waals surface area contributed by atoms with Crippen LogP contribution in [-0.4, -0.2) is 19.9 Å². The molecule has 0 saturated heterocycles. The van der Waals surface area contributed by atoms with Crippen molar-refractivity contribution in [2.75, 3.05) is 13.7 Å². The van der Waals surface area contributed by atoms with Gasteiger partial charge in [0.1, 0.15) is 6.61 Å². The van der Waals surface area contributed by atoms with Crippen molar-refractivity contribution in [1.82, 2.24) is 0 Å². The fourth-order valence-electron chi connectivity index (χ4n) is 1.97. The third-order valence-electron chi connectivity index (χ3n) is 2.97. The van der Waals surface area contributed by atoms with Crippen LogP contribution < -0.4 is 0 Å². The van der Waals surface area contributed by atoms with Gasteiger partial charge in [-0.15, -0.1) is 0 Å². The normalized spacial score (nSPS) is 11.4. The molecule has 3 heteroatoms. The second kappa shape index (κ2) is 6.05. The largest absolute Gasteiger partial charge is 0.508 e. The quantitative estimate of drug-likeness (QED) is 0.778. The van der Waals surface area contributed by atoms with E-state index < -0.39 is 6.16 Å². The van der Waals surface area contributed by atoms with Crippen LogP contribution >= 0.6 is 0 Å². The van der Waals surface area contributed by atoms with Crippen LogP contribution in [0.4, 0.5) is 4.79 Å². The van der Waals surface area contributed by atoms with E-state index in [4.69, 9.17) is 4.74 Å². The SMILES string of the molecule is COC(=O)OC/C=C(/C)c1cccc2ccccc12. The van der Waals surface area contributed by atoms with Crippen LogP contribution in [0.3, 0.4) is 0 Å². The van der Waals surface area contributed by atoms with E-state index in [0.717, 1.165) is 11.1 Å². The van der Waals surface area contributed by atoms with Gasteiger partial charge in [0.15, 0.2) is 0 Å². The van der Waals surface area contributed by atoms with Crippen LogP contribution in [0, 0.1) is 0 Å². The van der Waals surface area contributed by atoms with Gasteiger partial charge in [0.2, 0.25) is 0 Å². The Morgan fingerprint density at radius 2 is 1.89 bits per heavy atom. The molecule has 0 spiro atoms. The average molecular weight is 256 g/mol. The summed E-state index contributed by atoms with van der Waals surface area (Å²) in [6, 6.07) is 14.4. The lowest BCUT2D eigenvalue weighted by Gasteiger charge is -2.07. The van der Waals surface area contributed by atoms with Crippen LogP contribution in [0.5, 0.6) is 0 Å². The molecule has 19 heavy (non-hydrogen) atoms. The van der Waals surface area contributed by atoms with Gasteiger partial charge >= 0.3 is 6.16 Å². The number of hydrogen-bond donors (Lipinski definition) is 0. The first-order chi connectivity index (χ1) is 9.22. The summed E-state index contributed by atoms with van der Waals surface area (Å²) in [6.45, 7) is 2.21.